The van der Waals surface area contributed by atoms with E-state index >= 15 is 0 Å². The molecular weight excluding hydrogens is 462 g/mol. The maximum atomic E-state index is 13.6. The second kappa shape index (κ2) is 10.9. The average Bonchev–Trinajstić information content (AvgIpc) is 2.91. The predicted molar refractivity (Wildman–Crippen MR) is 135 cm³/mol. The average molecular weight is 489 g/mol. The van der Waals surface area contributed by atoms with Crippen LogP contribution in [0.2, 0.25) is 0 Å². The molecular formula is C28H26F2N4O2. The first-order valence-corrected chi connectivity index (χ1v) is 12.0. The molecule has 1 aliphatic heterocycles. The Hall–Kier alpha value is -3.75. The third-order valence-corrected chi connectivity index (χ3v) is 6.20. The molecule has 1 amide bonds. The zero-order valence-corrected chi connectivity index (χ0v) is 19.7. The fourth-order valence-electron chi connectivity index (χ4n) is 4.25. The molecule has 0 saturated carbocycles. The van der Waals surface area contributed by atoms with Crippen LogP contribution in [-0.2, 0) is 4.74 Å². The number of ether oxygens (including phenoxy) is 1. The minimum atomic E-state index is -0.358. The van der Waals surface area contributed by atoms with Gasteiger partial charge in [-0.2, -0.15) is 0 Å². The van der Waals surface area contributed by atoms with Gasteiger partial charge in [0.2, 0.25) is 0 Å². The van der Waals surface area contributed by atoms with Gasteiger partial charge in [0.25, 0.3) is 5.91 Å². The topological polar surface area (TPSA) is 67.4 Å². The molecule has 4 aromatic rings. The van der Waals surface area contributed by atoms with Crippen molar-refractivity contribution in [2.75, 3.05) is 39.4 Å². The summed E-state index contributed by atoms with van der Waals surface area (Å²) in [7, 11) is 0. The number of nitrogens with zero attached hydrogens (tertiary/aromatic N) is 3. The smallest absolute Gasteiger partial charge is 0.251 e. The fraction of sp³-hybridized carbons (Fsp3) is 0.250. The summed E-state index contributed by atoms with van der Waals surface area (Å²) in [6, 6.07) is 17.2. The van der Waals surface area contributed by atoms with Crippen molar-refractivity contribution in [2.24, 2.45) is 0 Å². The Kier molecular flexibility index (Phi) is 7.25. The highest BCUT2D eigenvalue weighted by molar-refractivity contribution is 5.98. The lowest BCUT2D eigenvalue weighted by Gasteiger charge is -2.26. The van der Waals surface area contributed by atoms with Crippen molar-refractivity contribution in [3.63, 3.8) is 0 Å². The quantitative estimate of drug-likeness (QED) is 0.382. The number of carbonyl (C=O) groups is 1. The van der Waals surface area contributed by atoms with Crippen LogP contribution in [-0.4, -0.2) is 60.2 Å². The van der Waals surface area contributed by atoms with Crippen LogP contribution in [0, 0.1) is 11.6 Å². The van der Waals surface area contributed by atoms with E-state index in [0.717, 1.165) is 39.3 Å². The molecule has 0 radical (unpaired) electrons. The number of aromatic nitrogens is 2. The highest BCUT2D eigenvalue weighted by atomic mass is 19.1. The number of fused-ring (bicyclic) bond motifs is 1. The Labute approximate surface area is 207 Å². The molecule has 0 spiro atoms. The summed E-state index contributed by atoms with van der Waals surface area (Å²) in [5, 5.41) is 2.98. The number of nitrogens with one attached hydrogen (secondary N) is 1. The molecule has 0 unspecified atom stereocenters. The molecule has 36 heavy (non-hydrogen) atoms. The number of hydrogen-bond acceptors (Lipinski definition) is 5. The van der Waals surface area contributed by atoms with E-state index in [9.17, 15) is 13.6 Å². The lowest BCUT2D eigenvalue weighted by atomic mass is 10.0. The molecule has 184 valence electrons. The van der Waals surface area contributed by atoms with E-state index in [1.165, 1.54) is 24.3 Å². The van der Waals surface area contributed by atoms with Crippen LogP contribution in [0.1, 0.15) is 16.8 Å². The van der Waals surface area contributed by atoms with Crippen LogP contribution in [0.5, 0.6) is 0 Å². The summed E-state index contributed by atoms with van der Waals surface area (Å²) >= 11 is 0. The number of carbonyl (C=O) groups excluding carboxylic acids is 1. The molecule has 5 rings (SSSR count). The third kappa shape index (κ3) is 5.56. The Morgan fingerprint density at radius 3 is 2.03 bits per heavy atom. The molecule has 0 atom stereocenters. The SMILES string of the molecule is O=C(NCCCN1CCOCC1)c1ccc2nc(-c3ccc(F)cc3)c(-c3ccc(F)cc3)nc2c1. The Morgan fingerprint density at radius 2 is 1.42 bits per heavy atom. The molecule has 6 nitrogen and oxygen atoms in total. The van der Waals surface area contributed by atoms with Gasteiger partial charge in [0.1, 0.15) is 11.6 Å². The Bertz CT molecular complexity index is 1350. The summed E-state index contributed by atoms with van der Waals surface area (Å²) in [4.78, 5) is 24.7. The minimum Gasteiger partial charge on any atom is -0.379 e. The normalized spacial score (nSPS) is 14.2. The lowest BCUT2D eigenvalue weighted by molar-refractivity contribution is 0.0374. The number of benzene rings is 3. The van der Waals surface area contributed by atoms with E-state index in [1.807, 2.05) is 0 Å². The van der Waals surface area contributed by atoms with Gasteiger partial charge in [-0.1, -0.05) is 0 Å². The highest BCUT2D eigenvalue weighted by Crippen LogP contribution is 2.31. The molecule has 2 heterocycles. The third-order valence-electron chi connectivity index (χ3n) is 6.20. The molecule has 1 N–H and O–H groups in total. The summed E-state index contributed by atoms with van der Waals surface area (Å²) in [5.41, 5.74) is 4.06. The van der Waals surface area contributed by atoms with Gasteiger partial charge in [0.05, 0.1) is 35.6 Å². The molecule has 1 fully saturated rings. The van der Waals surface area contributed by atoms with E-state index in [4.69, 9.17) is 14.7 Å². The Morgan fingerprint density at radius 1 is 0.833 bits per heavy atom. The van der Waals surface area contributed by atoms with Gasteiger partial charge in [-0.3, -0.25) is 9.69 Å². The van der Waals surface area contributed by atoms with E-state index in [1.54, 1.807) is 42.5 Å². The molecule has 1 saturated heterocycles. The van der Waals surface area contributed by atoms with Gasteiger partial charge in [-0.05, 0) is 79.7 Å². The fourth-order valence-corrected chi connectivity index (χ4v) is 4.25. The summed E-state index contributed by atoms with van der Waals surface area (Å²) in [6.45, 7) is 4.85. The number of halogens is 2. The van der Waals surface area contributed by atoms with Gasteiger partial charge in [0, 0.05) is 36.3 Å². The van der Waals surface area contributed by atoms with Gasteiger partial charge in [0.15, 0.2) is 0 Å². The number of amides is 1. The van der Waals surface area contributed by atoms with E-state index < -0.39 is 0 Å². The van der Waals surface area contributed by atoms with Crippen LogP contribution in [0.4, 0.5) is 8.78 Å². The van der Waals surface area contributed by atoms with Crippen LogP contribution in [0.15, 0.2) is 66.7 Å². The standard InChI is InChI=1S/C28H26F2N4O2/c29-22-7-2-19(3-8-22)26-27(20-4-9-23(30)10-5-20)33-25-18-21(6-11-24(25)32-26)28(35)31-12-1-13-34-14-16-36-17-15-34/h2-11,18H,1,12-17H2,(H,31,35). The van der Waals surface area contributed by atoms with Gasteiger partial charge < -0.3 is 10.1 Å². The van der Waals surface area contributed by atoms with Crippen LogP contribution >= 0.6 is 0 Å². The van der Waals surface area contributed by atoms with Gasteiger partial charge in [-0.15, -0.1) is 0 Å². The largest absolute Gasteiger partial charge is 0.379 e. The zero-order chi connectivity index (χ0) is 24.9. The first-order chi connectivity index (χ1) is 17.6. The summed E-state index contributed by atoms with van der Waals surface area (Å²) < 4.78 is 32.5. The van der Waals surface area contributed by atoms with Crippen LogP contribution in [0.25, 0.3) is 33.5 Å². The first-order valence-electron chi connectivity index (χ1n) is 12.0. The van der Waals surface area contributed by atoms with Crippen LogP contribution in [0.3, 0.4) is 0 Å². The first kappa shape index (κ1) is 24.0. The number of morpholine rings is 1. The second-order valence-electron chi connectivity index (χ2n) is 8.70. The van der Waals surface area contributed by atoms with Crippen LogP contribution < -0.4 is 5.32 Å². The van der Waals surface area contributed by atoms with E-state index in [-0.39, 0.29) is 17.5 Å². The molecule has 0 bridgehead atoms. The van der Waals surface area contributed by atoms with Crippen molar-refractivity contribution in [3.05, 3.63) is 83.9 Å². The molecule has 1 aliphatic rings. The summed E-state index contributed by atoms with van der Waals surface area (Å²) in [5.74, 6) is -0.883. The van der Waals surface area contributed by atoms with Crippen molar-refractivity contribution in [2.45, 2.75) is 6.42 Å². The maximum Gasteiger partial charge on any atom is 0.251 e. The van der Waals surface area contributed by atoms with Gasteiger partial charge >= 0.3 is 0 Å². The lowest BCUT2D eigenvalue weighted by Crippen LogP contribution is -2.38. The molecule has 0 aliphatic carbocycles. The molecule has 8 heteroatoms. The number of rotatable bonds is 7. The van der Waals surface area contributed by atoms with Crippen molar-refractivity contribution in [3.8, 4) is 22.5 Å². The molecule has 1 aromatic heterocycles. The van der Waals surface area contributed by atoms with Crippen molar-refractivity contribution >= 4 is 16.9 Å². The molecule has 3 aromatic carbocycles. The van der Waals surface area contributed by atoms with Crippen molar-refractivity contribution < 1.29 is 18.3 Å². The predicted octanol–water partition coefficient (Wildman–Crippen LogP) is 4.69. The van der Waals surface area contributed by atoms with E-state index in [0.29, 0.717) is 45.7 Å². The Balaban J connectivity index is 1.40. The maximum absolute atomic E-state index is 13.6. The van der Waals surface area contributed by atoms with Crippen molar-refractivity contribution in [1.82, 2.24) is 20.2 Å². The van der Waals surface area contributed by atoms with Gasteiger partial charge in [-0.25, -0.2) is 18.7 Å². The van der Waals surface area contributed by atoms with E-state index in [2.05, 4.69) is 10.2 Å². The minimum absolute atomic E-state index is 0.174. The number of hydrogen-bond donors (Lipinski definition) is 1. The van der Waals surface area contributed by atoms with Crippen molar-refractivity contribution in [1.29, 1.82) is 0 Å². The zero-order valence-electron chi connectivity index (χ0n) is 19.7. The highest BCUT2D eigenvalue weighted by Gasteiger charge is 2.16. The summed E-state index contributed by atoms with van der Waals surface area (Å²) in [6.07, 6.45) is 0.856. The second-order valence-corrected chi connectivity index (χ2v) is 8.70. The monoisotopic (exact) mass is 488 g/mol.